The first-order valence-corrected chi connectivity index (χ1v) is 7.38. The Balaban J connectivity index is 1.84. The van der Waals surface area contributed by atoms with Crippen molar-refractivity contribution in [3.63, 3.8) is 0 Å². The molecule has 7 heteroatoms. The van der Waals surface area contributed by atoms with Gasteiger partial charge < -0.3 is 15.3 Å². The number of imidazole rings is 1. The summed E-state index contributed by atoms with van der Waals surface area (Å²) < 4.78 is 0. The van der Waals surface area contributed by atoms with E-state index in [1.54, 1.807) is 0 Å². The number of aryl methyl sites for hydroxylation is 1. The van der Waals surface area contributed by atoms with E-state index in [0.29, 0.717) is 12.2 Å². The highest BCUT2D eigenvalue weighted by molar-refractivity contribution is 5.92. The molecule has 0 fully saturated rings. The number of aromatic nitrogens is 4. The Morgan fingerprint density at radius 3 is 2.91 bits per heavy atom. The van der Waals surface area contributed by atoms with Gasteiger partial charge in [0.05, 0.1) is 23.3 Å². The number of aromatic amines is 2. The molecule has 0 unspecified atom stereocenters. The number of carbonyl (C=O) groups is 1. The molecule has 0 spiro atoms. The first-order valence-electron chi connectivity index (χ1n) is 7.38. The van der Waals surface area contributed by atoms with Crippen LogP contribution in [0, 0.1) is 6.92 Å². The highest BCUT2D eigenvalue weighted by Crippen LogP contribution is 2.19. The van der Waals surface area contributed by atoms with E-state index in [2.05, 4.69) is 25.3 Å². The number of hydrogen-bond acceptors (Lipinski definition) is 4. The molecule has 0 saturated carbocycles. The van der Waals surface area contributed by atoms with Crippen LogP contribution in [0.3, 0.4) is 0 Å². The second kappa shape index (κ2) is 6.04. The van der Waals surface area contributed by atoms with Crippen molar-refractivity contribution in [3.8, 4) is 0 Å². The lowest BCUT2D eigenvalue weighted by molar-refractivity contribution is 0.0928. The SMILES string of the molecule is CC[C@@H](NC(=O)c1c[nH]c(=O)cn1)c1nc2ccc(C)cc2[nH]1. The third kappa shape index (κ3) is 3.13. The van der Waals surface area contributed by atoms with E-state index in [-0.39, 0.29) is 23.2 Å². The van der Waals surface area contributed by atoms with E-state index in [9.17, 15) is 9.59 Å². The number of nitrogens with zero attached hydrogens (tertiary/aromatic N) is 2. The lowest BCUT2D eigenvalue weighted by Gasteiger charge is -2.14. The largest absolute Gasteiger partial charge is 0.341 e. The van der Waals surface area contributed by atoms with Crippen molar-refractivity contribution in [2.24, 2.45) is 0 Å². The van der Waals surface area contributed by atoms with Crippen LogP contribution in [-0.4, -0.2) is 25.8 Å². The second-order valence-electron chi connectivity index (χ2n) is 5.37. The first kappa shape index (κ1) is 15.0. The zero-order valence-electron chi connectivity index (χ0n) is 12.9. The monoisotopic (exact) mass is 311 g/mol. The average Bonchev–Trinajstić information content (AvgIpc) is 2.95. The molecule has 0 bridgehead atoms. The van der Waals surface area contributed by atoms with E-state index in [4.69, 9.17) is 0 Å². The van der Waals surface area contributed by atoms with Gasteiger partial charge in [-0.05, 0) is 31.0 Å². The quantitative estimate of drug-likeness (QED) is 0.684. The number of benzene rings is 1. The summed E-state index contributed by atoms with van der Waals surface area (Å²) >= 11 is 0. The highest BCUT2D eigenvalue weighted by atomic mass is 16.2. The number of hydrogen-bond donors (Lipinski definition) is 3. The Morgan fingerprint density at radius 2 is 2.22 bits per heavy atom. The molecular weight excluding hydrogens is 294 g/mol. The van der Waals surface area contributed by atoms with Gasteiger partial charge in [-0.2, -0.15) is 0 Å². The Morgan fingerprint density at radius 1 is 1.39 bits per heavy atom. The fourth-order valence-corrected chi connectivity index (χ4v) is 2.37. The van der Waals surface area contributed by atoms with E-state index < -0.39 is 0 Å². The molecule has 0 aliphatic heterocycles. The van der Waals surface area contributed by atoms with Gasteiger partial charge in [0.2, 0.25) is 0 Å². The Bertz CT molecular complexity index is 892. The van der Waals surface area contributed by atoms with Gasteiger partial charge in [0, 0.05) is 6.20 Å². The van der Waals surface area contributed by atoms with Gasteiger partial charge in [-0.15, -0.1) is 0 Å². The van der Waals surface area contributed by atoms with Crippen LogP contribution >= 0.6 is 0 Å². The van der Waals surface area contributed by atoms with E-state index in [1.807, 2.05) is 32.0 Å². The molecule has 1 atom stereocenters. The summed E-state index contributed by atoms with van der Waals surface area (Å²) in [6.45, 7) is 3.98. The van der Waals surface area contributed by atoms with Crippen LogP contribution in [-0.2, 0) is 0 Å². The van der Waals surface area contributed by atoms with Crippen LogP contribution < -0.4 is 10.9 Å². The number of H-pyrrole nitrogens is 2. The van der Waals surface area contributed by atoms with Crippen molar-refractivity contribution in [2.45, 2.75) is 26.3 Å². The van der Waals surface area contributed by atoms with E-state index >= 15 is 0 Å². The number of fused-ring (bicyclic) bond motifs is 1. The number of nitrogens with one attached hydrogen (secondary N) is 3. The maximum atomic E-state index is 12.2. The van der Waals surface area contributed by atoms with Gasteiger partial charge in [0.15, 0.2) is 0 Å². The Kier molecular flexibility index (Phi) is 3.92. The lowest BCUT2D eigenvalue weighted by atomic mass is 10.2. The fourth-order valence-electron chi connectivity index (χ4n) is 2.37. The number of amides is 1. The minimum absolute atomic E-state index is 0.162. The molecular formula is C16H17N5O2. The second-order valence-corrected chi connectivity index (χ2v) is 5.37. The maximum Gasteiger partial charge on any atom is 0.271 e. The topological polar surface area (TPSA) is 104 Å². The third-order valence-electron chi connectivity index (χ3n) is 3.60. The maximum absolute atomic E-state index is 12.2. The molecule has 0 aliphatic rings. The van der Waals surface area contributed by atoms with Crippen molar-refractivity contribution in [1.29, 1.82) is 0 Å². The van der Waals surface area contributed by atoms with Crippen molar-refractivity contribution >= 4 is 16.9 Å². The molecule has 3 rings (SSSR count). The van der Waals surface area contributed by atoms with Crippen LogP contribution in [0.2, 0.25) is 0 Å². The molecule has 118 valence electrons. The number of rotatable bonds is 4. The summed E-state index contributed by atoms with van der Waals surface area (Å²) in [7, 11) is 0. The smallest absolute Gasteiger partial charge is 0.271 e. The Hall–Kier alpha value is -2.96. The predicted molar refractivity (Wildman–Crippen MR) is 86.2 cm³/mol. The molecule has 2 heterocycles. The number of carbonyl (C=O) groups excluding carboxylic acids is 1. The Labute approximate surface area is 132 Å². The summed E-state index contributed by atoms with van der Waals surface area (Å²) in [6, 6.07) is 5.70. The van der Waals surface area contributed by atoms with E-state index in [0.717, 1.165) is 22.8 Å². The van der Waals surface area contributed by atoms with Crippen molar-refractivity contribution in [1.82, 2.24) is 25.3 Å². The highest BCUT2D eigenvalue weighted by Gasteiger charge is 2.18. The fraction of sp³-hybridized carbons (Fsp3) is 0.250. The molecule has 0 radical (unpaired) electrons. The molecule has 1 aromatic carbocycles. The molecule has 2 aromatic heterocycles. The normalized spacial score (nSPS) is 12.3. The third-order valence-corrected chi connectivity index (χ3v) is 3.60. The molecule has 0 saturated heterocycles. The van der Waals surface area contributed by atoms with Crippen molar-refractivity contribution in [2.75, 3.05) is 0 Å². The molecule has 0 aliphatic carbocycles. The van der Waals surface area contributed by atoms with Gasteiger partial charge in [-0.1, -0.05) is 13.0 Å². The average molecular weight is 311 g/mol. The summed E-state index contributed by atoms with van der Waals surface area (Å²) in [5.74, 6) is 0.343. The summed E-state index contributed by atoms with van der Waals surface area (Å²) in [5, 5.41) is 2.88. The van der Waals surface area contributed by atoms with Crippen LogP contribution in [0.1, 0.15) is 41.3 Å². The molecule has 7 nitrogen and oxygen atoms in total. The van der Waals surface area contributed by atoms with Crippen LogP contribution in [0.4, 0.5) is 0 Å². The summed E-state index contributed by atoms with van der Waals surface area (Å²) in [6.07, 6.45) is 3.06. The standard InChI is InChI=1S/C16H17N5O2/c1-3-10(21-16(23)13-7-18-14(22)8-17-13)15-19-11-5-4-9(2)6-12(11)20-15/h4-8,10H,3H2,1-2H3,(H,18,22)(H,19,20)(H,21,23)/t10-/m1/s1. The van der Waals surface area contributed by atoms with Gasteiger partial charge in [0.1, 0.15) is 11.5 Å². The molecule has 23 heavy (non-hydrogen) atoms. The lowest BCUT2D eigenvalue weighted by Crippen LogP contribution is -2.30. The first-order chi connectivity index (χ1) is 11.1. The predicted octanol–water partition coefficient (Wildman–Crippen LogP) is 1.84. The minimum atomic E-state index is -0.357. The van der Waals surface area contributed by atoms with Crippen molar-refractivity contribution in [3.05, 3.63) is 58.0 Å². The van der Waals surface area contributed by atoms with Gasteiger partial charge in [-0.3, -0.25) is 9.59 Å². The van der Waals surface area contributed by atoms with Crippen LogP contribution in [0.25, 0.3) is 11.0 Å². The zero-order valence-corrected chi connectivity index (χ0v) is 12.9. The summed E-state index contributed by atoms with van der Waals surface area (Å²) in [5.41, 5.74) is 2.76. The van der Waals surface area contributed by atoms with Crippen LogP contribution in [0.5, 0.6) is 0 Å². The molecule has 1 amide bonds. The summed E-state index contributed by atoms with van der Waals surface area (Å²) in [4.78, 5) is 37.3. The van der Waals surface area contributed by atoms with E-state index in [1.165, 1.54) is 6.20 Å². The molecule has 3 aromatic rings. The zero-order chi connectivity index (χ0) is 16.4. The minimum Gasteiger partial charge on any atom is -0.341 e. The van der Waals surface area contributed by atoms with Gasteiger partial charge >= 0.3 is 0 Å². The molecule has 3 N–H and O–H groups in total. The van der Waals surface area contributed by atoms with Crippen LogP contribution in [0.15, 0.2) is 35.4 Å². The van der Waals surface area contributed by atoms with Gasteiger partial charge in [-0.25, -0.2) is 9.97 Å². The van der Waals surface area contributed by atoms with Crippen molar-refractivity contribution < 1.29 is 4.79 Å². The van der Waals surface area contributed by atoms with Gasteiger partial charge in [0.25, 0.3) is 11.5 Å².